The van der Waals surface area contributed by atoms with Gasteiger partial charge in [0.05, 0.1) is 6.10 Å². The van der Waals surface area contributed by atoms with E-state index >= 15 is 0 Å². The van der Waals surface area contributed by atoms with Crippen molar-refractivity contribution in [2.45, 2.75) is 18.6 Å². The zero-order valence-corrected chi connectivity index (χ0v) is 9.26. The van der Waals surface area contributed by atoms with Crippen LogP contribution < -0.4 is 0 Å². The predicted octanol–water partition coefficient (Wildman–Crippen LogP) is 3.35. The Morgan fingerprint density at radius 3 is 1.50 bits per heavy atom. The van der Waals surface area contributed by atoms with Crippen molar-refractivity contribution in [2.75, 3.05) is 0 Å². The maximum Gasteiger partial charge on any atom is 0.144 e. The zero-order valence-electron chi connectivity index (χ0n) is 9.26. The summed E-state index contributed by atoms with van der Waals surface area (Å²) in [4.78, 5) is 0. The normalized spacial score (nSPS) is 21.7. The topological polar surface area (TPSA) is 12.5 Å². The van der Waals surface area contributed by atoms with Crippen LogP contribution in [0.25, 0.3) is 0 Å². The second-order valence-corrected chi connectivity index (χ2v) is 4.23. The molecule has 16 heavy (non-hydrogen) atoms. The van der Waals surface area contributed by atoms with Gasteiger partial charge >= 0.3 is 0 Å². The Labute approximate surface area is 95.7 Å². The van der Waals surface area contributed by atoms with Crippen molar-refractivity contribution in [3.8, 4) is 0 Å². The Bertz CT molecular complexity index is 436. The molecule has 0 aromatic heterocycles. The third kappa shape index (κ3) is 1.29. The van der Waals surface area contributed by atoms with E-state index in [1.54, 1.807) is 0 Å². The zero-order chi connectivity index (χ0) is 11.0. The molecule has 0 aliphatic carbocycles. The molecule has 0 spiro atoms. The van der Waals surface area contributed by atoms with Gasteiger partial charge in [-0.1, -0.05) is 60.7 Å². The first-order chi connectivity index (χ1) is 7.84. The lowest BCUT2D eigenvalue weighted by molar-refractivity contribution is 0.332. The Hall–Kier alpha value is -1.60. The molecule has 1 saturated heterocycles. The minimum absolute atomic E-state index is 0.206. The van der Waals surface area contributed by atoms with Crippen molar-refractivity contribution in [3.05, 3.63) is 71.8 Å². The molecule has 1 aliphatic heterocycles. The van der Waals surface area contributed by atoms with Crippen LogP contribution in [0.5, 0.6) is 0 Å². The van der Waals surface area contributed by atoms with Crippen LogP contribution in [-0.2, 0) is 10.3 Å². The second kappa shape index (κ2) is 3.46. The van der Waals surface area contributed by atoms with Gasteiger partial charge in [-0.15, -0.1) is 0 Å². The van der Waals surface area contributed by atoms with Crippen molar-refractivity contribution in [3.63, 3.8) is 0 Å². The minimum Gasteiger partial charge on any atom is -0.356 e. The average Bonchev–Trinajstić information content (AvgIpc) is 3.05. The van der Waals surface area contributed by atoms with E-state index in [0.29, 0.717) is 0 Å². The summed E-state index contributed by atoms with van der Waals surface area (Å²) in [6.07, 6.45) is 0.261. The predicted molar refractivity (Wildman–Crippen MR) is 64.2 cm³/mol. The van der Waals surface area contributed by atoms with E-state index < -0.39 is 0 Å². The molecule has 0 saturated carbocycles. The molecular formula is C15H14O. The van der Waals surface area contributed by atoms with Crippen molar-refractivity contribution < 1.29 is 4.74 Å². The molecule has 2 aromatic carbocycles. The van der Waals surface area contributed by atoms with E-state index in [1.165, 1.54) is 11.1 Å². The van der Waals surface area contributed by atoms with Gasteiger partial charge in [0.1, 0.15) is 5.60 Å². The smallest absolute Gasteiger partial charge is 0.144 e. The lowest BCUT2D eigenvalue weighted by Gasteiger charge is -2.13. The van der Waals surface area contributed by atoms with Gasteiger partial charge in [-0.2, -0.15) is 0 Å². The van der Waals surface area contributed by atoms with E-state index in [4.69, 9.17) is 4.74 Å². The second-order valence-electron chi connectivity index (χ2n) is 4.23. The Balaban J connectivity index is 2.10. The number of ether oxygens (including phenoxy) is 1. The van der Waals surface area contributed by atoms with Crippen LogP contribution in [0.15, 0.2) is 60.7 Å². The van der Waals surface area contributed by atoms with E-state index in [0.717, 1.165) is 0 Å². The first kappa shape index (κ1) is 9.61. The molecule has 1 heterocycles. The summed E-state index contributed by atoms with van der Waals surface area (Å²) in [5.74, 6) is 0. The van der Waals surface area contributed by atoms with Gasteiger partial charge in [0.25, 0.3) is 0 Å². The summed E-state index contributed by atoms with van der Waals surface area (Å²) in [6, 6.07) is 20.9. The molecular weight excluding hydrogens is 196 g/mol. The van der Waals surface area contributed by atoms with Crippen LogP contribution in [-0.4, -0.2) is 6.10 Å². The Kier molecular flexibility index (Phi) is 2.08. The van der Waals surface area contributed by atoms with Crippen molar-refractivity contribution in [1.82, 2.24) is 0 Å². The summed E-state index contributed by atoms with van der Waals surface area (Å²) in [5, 5.41) is 0. The first-order valence-electron chi connectivity index (χ1n) is 5.63. The molecule has 1 heteroatoms. The van der Waals surface area contributed by atoms with E-state index in [2.05, 4.69) is 55.5 Å². The van der Waals surface area contributed by atoms with Gasteiger partial charge in [0.2, 0.25) is 0 Å². The van der Waals surface area contributed by atoms with E-state index in [9.17, 15) is 0 Å². The quantitative estimate of drug-likeness (QED) is 0.692. The van der Waals surface area contributed by atoms with Crippen LogP contribution in [0.3, 0.4) is 0 Å². The highest BCUT2D eigenvalue weighted by Crippen LogP contribution is 2.51. The maximum atomic E-state index is 5.88. The molecule has 1 fully saturated rings. The van der Waals surface area contributed by atoms with Crippen molar-refractivity contribution in [1.29, 1.82) is 0 Å². The lowest BCUT2D eigenvalue weighted by Crippen LogP contribution is -2.13. The van der Waals surface area contributed by atoms with Crippen LogP contribution in [0.2, 0.25) is 0 Å². The summed E-state index contributed by atoms with van der Waals surface area (Å²) in [6.45, 7) is 2.12. The highest BCUT2D eigenvalue weighted by molar-refractivity contribution is 5.42. The van der Waals surface area contributed by atoms with Crippen LogP contribution in [0, 0.1) is 0 Å². The third-order valence-electron chi connectivity index (χ3n) is 3.28. The molecule has 0 radical (unpaired) electrons. The van der Waals surface area contributed by atoms with Gasteiger partial charge in [0, 0.05) is 0 Å². The van der Waals surface area contributed by atoms with Gasteiger partial charge in [-0.25, -0.2) is 0 Å². The monoisotopic (exact) mass is 210 g/mol. The number of epoxide rings is 1. The standard InChI is InChI=1S/C15H14O/c1-12-15(16-12,13-8-4-2-5-9-13)14-10-6-3-7-11-14/h2-12H,1H3/t12-/m0/s1. The fourth-order valence-electron chi connectivity index (χ4n) is 2.39. The summed E-state index contributed by atoms with van der Waals surface area (Å²) in [5.41, 5.74) is 2.28. The average molecular weight is 210 g/mol. The molecule has 3 rings (SSSR count). The van der Waals surface area contributed by atoms with Crippen LogP contribution in [0.4, 0.5) is 0 Å². The molecule has 1 atom stereocenters. The van der Waals surface area contributed by atoms with E-state index in [-0.39, 0.29) is 11.7 Å². The van der Waals surface area contributed by atoms with Gasteiger partial charge < -0.3 is 4.74 Å². The largest absolute Gasteiger partial charge is 0.356 e. The molecule has 0 amide bonds. The molecule has 2 aromatic rings. The number of hydrogen-bond donors (Lipinski definition) is 0. The fourth-order valence-corrected chi connectivity index (χ4v) is 2.39. The van der Waals surface area contributed by atoms with Gasteiger partial charge in [-0.05, 0) is 18.1 Å². The summed E-state index contributed by atoms with van der Waals surface area (Å²) >= 11 is 0. The van der Waals surface area contributed by atoms with E-state index in [1.807, 2.05) is 12.1 Å². The number of hydrogen-bond acceptors (Lipinski definition) is 1. The summed E-state index contributed by atoms with van der Waals surface area (Å²) in [7, 11) is 0. The highest BCUT2D eigenvalue weighted by Gasteiger charge is 2.55. The number of benzene rings is 2. The Morgan fingerprint density at radius 2 is 1.19 bits per heavy atom. The molecule has 80 valence electrons. The third-order valence-corrected chi connectivity index (χ3v) is 3.28. The molecule has 1 nitrogen and oxygen atoms in total. The molecule has 1 aliphatic rings. The lowest BCUT2D eigenvalue weighted by atomic mass is 9.88. The number of rotatable bonds is 2. The minimum atomic E-state index is -0.206. The fraction of sp³-hybridized carbons (Fsp3) is 0.200. The van der Waals surface area contributed by atoms with Crippen molar-refractivity contribution in [2.24, 2.45) is 0 Å². The Morgan fingerprint density at radius 1 is 0.812 bits per heavy atom. The SMILES string of the molecule is C[C@@H]1OC1(c1ccccc1)c1ccccc1. The summed E-state index contributed by atoms with van der Waals surface area (Å²) < 4.78 is 5.88. The van der Waals surface area contributed by atoms with Gasteiger partial charge in [-0.3, -0.25) is 0 Å². The maximum absolute atomic E-state index is 5.88. The molecule has 0 N–H and O–H groups in total. The molecule has 0 bridgehead atoms. The molecule has 0 unspecified atom stereocenters. The first-order valence-corrected chi connectivity index (χ1v) is 5.63. The van der Waals surface area contributed by atoms with Crippen molar-refractivity contribution >= 4 is 0 Å². The van der Waals surface area contributed by atoms with Crippen LogP contribution in [0.1, 0.15) is 18.1 Å². The van der Waals surface area contributed by atoms with Crippen LogP contribution >= 0.6 is 0 Å². The highest BCUT2D eigenvalue weighted by atomic mass is 16.6. The van der Waals surface area contributed by atoms with Gasteiger partial charge in [0.15, 0.2) is 0 Å².